The van der Waals surface area contributed by atoms with Crippen molar-refractivity contribution in [2.75, 3.05) is 13.6 Å². The topological polar surface area (TPSA) is 49.4 Å². The first-order valence-corrected chi connectivity index (χ1v) is 8.53. The zero-order valence-corrected chi connectivity index (χ0v) is 14.6. The van der Waals surface area contributed by atoms with Crippen LogP contribution in [0, 0.1) is 0 Å². The molecule has 1 N–H and O–H groups in total. The third-order valence-corrected chi connectivity index (χ3v) is 5.51. The number of nitrogens with one attached hydrogen (secondary N) is 1. The quantitative estimate of drug-likeness (QED) is 0.816. The Morgan fingerprint density at radius 2 is 2.00 bits per heavy atom. The summed E-state index contributed by atoms with van der Waals surface area (Å²) < 4.78 is 27.1. The molecule has 0 amide bonds. The minimum Gasteiger partial charge on any atom is -0.316 e. The maximum Gasteiger partial charge on any atom is 0.243 e. The molecule has 0 aliphatic carbocycles. The second-order valence-electron chi connectivity index (χ2n) is 5.78. The van der Waals surface area contributed by atoms with Gasteiger partial charge < -0.3 is 5.32 Å². The van der Waals surface area contributed by atoms with Gasteiger partial charge in [-0.3, -0.25) is 0 Å². The molecule has 0 aliphatic rings. The molecule has 0 atom stereocenters. The van der Waals surface area contributed by atoms with E-state index < -0.39 is 15.6 Å². The first-order valence-electron chi connectivity index (χ1n) is 6.71. The Balaban J connectivity index is 3.34. The molecule has 0 fully saturated rings. The van der Waals surface area contributed by atoms with Crippen molar-refractivity contribution >= 4 is 21.6 Å². The van der Waals surface area contributed by atoms with E-state index in [0.29, 0.717) is 11.6 Å². The zero-order valence-electron chi connectivity index (χ0n) is 13.0. The Morgan fingerprint density at radius 1 is 1.38 bits per heavy atom. The molecule has 0 bridgehead atoms. The maximum absolute atomic E-state index is 12.9. The molecular weight excluding hydrogens is 308 g/mol. The molecule has 118 valence electrons. The van der Waals surface area contributed by atoms with Gasteiger partial charge in [0.05, 0.1) is 4.90 Å². The molecule has 6 heteroatoms. The second kappa shape index (κ2) is 6.92. The van der Waals surface area contributed by atoms with Crippen LogP contribution in [0.2, 0.25) is 5.02 Å². The molecule has 0 radical (unpaired) electrons. The third-order valence-electron chi connectivity index (χ3n) is 3.02. The van der Waals surface area contributed by atoms with Gasteiger partial charge in [-0.2, -0.15) is 4.31 Å². The van der Waals surface area contributed by atoms with Gasteiger partial charge in [0.1, 0.15) is 0 Å². The van der Waals surface area contributed by atoms with E-state index in [-0.39, 0.29) is 11.4 Å². The van der Waals surface area contributed by atoms with Gasteiger partial charge >= 0.3 is 0 Å². The minimum atomic E-state index is -3.60. The van der Waals surface area contributed by atoms with Crippen LogP contribution in [0.1, 0.15) is 26.3 Å². The Kier molecular flexibility index (Phi) is 5.99. The largest absolute Gasteiger partial charge is 0.316 e. The van der Waals surface area contributed by atoms with E-state index in [9.17, 15) is 8.42 Å². The Bertz CT molecular complexity index is 607. The maximum atomic E-state index is 12.9. The third kappa shape index (κ3) is 4.30. The predicted molar refractivity (Wildman–Crippen MR) is 88.1 cm³/mol. The highest BCUT2D eigenvalue weighted by Crippen LogP contribution is 2.27. The van der Waals surface area contributed by atoms with E-state index in [4.69, 9.17) is 11.6 Å². The van der Waals surface area contributed by atoms with Gasteiger partial charge in [-0.25, -0.2) is 8.42 Å². The van der Waals surface area contributed by atoms with Crippen molar-refractivity contribution in [3.05, 3.63) is 41.4 Å². The van der Waals surface area contributed by atoms with Crippen LogP contribution in [0.15, 0.2) is 35.7 Å². The number of sulfonamides is 1. The standard InChI is InChI=1S/C15H23ClN2O2S/c1-6-9-18(15(2,3)4)21(19,20)13-7-8-14(16)12(10-13)11-17-5/h6-8,10,17H,1,9,11H2,2-5H3. The summed E-state index contributed by atoms with van der Waals surface area (Å²) in [5.74, 6) is 0. The number of hydrogen-bond donors (Lipinski definition) is 1. The van der Waals surface area contributed by atoms with Gasteiger partial charge in [0.2, 0.25) is 10.0 Å². The monoisotopic (exact) mass is 330 g/mol. The SMILES string of the molecule is C=CCN(C(C)(C)C)S(=O)(=O)c1ccc(Cl)c(CNC)c1. The summed E-state index contributed by atoms with van der Waals surface area (Å²) in [6.45, 7) is 10.00. The first-order chi connectivity index (χ1) is 9.64. The van der Waals surface area contributed by atoms with Crippen molar-refractivity contribution < 1.29 is 8.42 Å². The number of nitrogens with zero attached hydrogens (tertiary/aromatic N) is 1. The normalized spacial score (nSPS) is 12.7. The molecule has 0 spiro atoms. The number of hydrogen-bond acceptors (Lipinski definition) is 3. The summed E-state index contributed by atoms with van der Waals surface area (Å²) in [6, 6.07) is 4.78. The van der Waals surface area contributed by atoms with E-state index in [2.05, 4.69) is 11.9 Å². The molecule has 21 heavy (non-hydrogen) atoms. The highest BCUT2D eigenvalue weighted by Gasteiger charge is 2.33. The summed E-state index contributed by atoms with van der Waals surface area (Å²) in [7, 11) is -1.81. The van der Waals surface area contributed by atoms with Crippen molar-refractivity contribution in [3.8, 4) is 0 Å². The number of benzene rings is 1. The van der Waals surface area contributed by atoms with E-state index >= 15 is 0 Å². The average Bonchev–Trinajstić information content (AvgIpc) is 2.37. The van der Waals surface area contributed by atoms with Crippen LogP contribution >= 0.6 is 11.6 Å². The van der Waals surface area contributed by atoms with E-state index in [1.54, 1.807) is 31.3 Å². The van der Waals surface area contributed by atoms with Crippen LogP contribution in [0.3, 0.4) is 0 Å². The Hall–Kier alpha value is -0.880. The molecule has 0 heterocycles. The predicted octanol–water partition coefficient (Wildman–Crippen LogP) is 3.03. The molecule has 1 aromatic rings. The highest BCUT2D eigenvalue weighted by atomic mass is 35.5. The molecule has 1 aromatic carbocycles. The van der Waals surface area contributed by atoms with Crippen LogP contribution in [0.25, 0.3) is 0 Å². The average molecular weight is 331 g/mol. The Morgan fingerprint density at radius 3 is 2.48 bits per heavy atom. The van der Waals surface area contributed by atoms with Gasteiger partial charge in [0.25, 0.3) is 0 Å². The lowest BCUT2D eigenvalue weighted by Crippen LogP contribution is -2.45. The van der Waals surface area contributed by atoms with Gasteiger partial charge in [-0.1, -0.05) is 17.7 Å². The molecule has 0 saturated carbocycles. The van der Waals surface area contributed by atoms with Gasteiger partial charge in [0, 0.05) is 23.7 Å². The fourth-order valence-corrected chi connectivity index (χ4v) is 4.01. The summed E-state index contributed by atoms with van der Waals surface area (Å²) >= 11 is 6.09. The first kappa shape index (κ1) is 18.2. The molecular formula is C15H23ClN2O2S. The van der Waals surface area contributed by atoms with Crippen LogP contribution in [-0.2, 0) is 16.6 Å². The van der Waals surface area contributed by atoms with Gasteiger partial charge in [-0.05, 0) is 51.6 Å². The summed E-state index contributed by atoms with van der Waals surface area (Å²) in [5, 5.41) is 3.53. The fourth-order valence-electron chi connectivity index (χ4n) is 2.01. The lowest BCUT2D eigenvalue weighted by Gasteiger charge is -2.33. The molecule has 4 nitrogen and oxygen atoms in total. The van der Waals surface area contributed by atoms with Crippen LogP contribution < -0.4 is 5.32 Å². The molecule has 1 rings (SSSR count). The van der Waals surface area contributed by atoms with Crippen molar-refractivity contribution in [1.29, 1.82) is 0 Å². The second-order valence-corrected chi connectivity index (χ2v) is 8.05. The molecule has 0 aliphatic heterocycles. The smallest absolute Gasteiger partial charge is 0.243 e. The molecule has 0 unspecified atom stereocenters. The number of halogens is 1. The van der Waals surface area contributed by atoms with Gasteiger partial charge in [0.15, 0.2) is 0 Å². The van der Waals surface area contributed by atoms with Crippen molar-refractivity contribution in [1.82, 2.24) is 9.62 Å². The van der Waals surface area contributed by atoms with Crippen LogP contribution in [-0.4, -0.2) is 31.9 Å². The highest BCUT2D eigenvalue weighted by molar-refractivity contribution is 7.89. The summed E-state index contributed by atoms with van der Waals surface area (Å²) in [4.78, 5) is 0.244. The fraction of sp³-hybridized carbons (Fsp3) is 0.467. The van der Waals surface area contributed by atoms with Crippen molar-refractivity contribution in [2.45, 2.75) is 37.8 Å². The van der Waals surface area contributed by atoms with Crippen molar-refractivity contribution in [2.24, 2.45) is 0 Å². The zero-order chi connectivity index (χ0) is 16.3. The number of rotatable bonds is 6. The molecule has 0 aromatic heterocycles. The van der Waals surface area contributed by atoms with E-state index in [1.165, 1.54) is 4.31 Å². The van der Waals surface area contributed by atoms with E-state index in [1.807, 2.05) is 20.8 Å². The van der Waals surface area contributed by atoms with Gasteiger partial charge in [-0.15, -0.1) is 6.58 Å². The Labute approximate surface area is 132 Å². The molecule has 0 saturated heterocycles. The lowest BCUT2D eigenvalue weighted by molar-refractivity contribution is 0.270. The van der Waals surface area contributed by atoms with Crippen molar-refractivity contribution in [3.63, 3.8) is 0 Å². The summed E-state index contributed by atoms with van der Waals surface area (Å²) in [6.07, 6.45) is 1.59. The van der Waals surface area contributed by atoms with Crippen LogP contribution in [0.4, 0.5) is 0 Å². The van der Waals surface area contributed by atoms with E-state index in [0.717, 1.165) is 5.56 Å². The summed E-state index contributed by atoms with van der Waals surface area (Å²) in [5.41, 5.74) is 0.225. The van der Waals surface area contributed by atoms with Crippen LogP contribution in [0.5, 0.6) is 0 Å². The minimum absolute atomic E-state index is 0.244. The lowest BCUT2D eigenvalue weighted by atomic mass is 10.1.